The van der Waals surface area contributed by atoms with Crippen molar-refractivity contribution in [3.05, 3.63) is 54.2 Å². The van der Waals surface area contributed by atoms with Crippen LogP contribution in [0, 0.1) is 0 Å². The molecule has 1 amide bonds. The van der Waals surface area contributed by atoms with Gasteiger partial charge in [0.1, 0.15) is 17.3 Å². The predicted molar refractivity (Wildman–Crippen MR) is 107 cm³/mol. The van der Waals surface area contributed by atoms with Gasteiger partial charge in [-0.3, -0.25) is 9.48 Å². The maximum Gasteiger partial charge on any atom is 0.221 e. The van der Waals surface area contributed by atoms with Gasteiger partial charge in [-0.2, -0.15) is 9.78 Å². The van der Waals surface area contributed by atoms with Crippen molar-refractivity contribution in [1.29, 1.82) is 0 Å². The number of carbonyl (C=O) groups is 1. The molecule has 152 valence electrons. The Balaban J connectivity index is 1.51. The zero-order valence-corrected chi connectivity index (χ0v) is 16.2. The molecule has 1 aliphatic heterocycles. The molecule has 0 saturated heterocycles. The second-order valence-electron chi connectivity index (χ2n) is 7.08. The van der Waals surface area contributed by atoms with Gasteiger partial charge in [0.25, 0.3) is 0 Å². The second kappa shape index (κ2) is 7.90. The number of amides is 1. The van der Waals surface area contributed by atoms with Crippen molar-refractivity contribution >= 4 is 17.1 Å². The van der Waals surface area contributed by atoms with Crippen LogP contribution in [0.3, 0.4) is 0 Å². The molecule has 10 nitrogen and oxygen atoms in total. The fourth-order valence-electron chi connectivity index (χ4n) is 3.33. The average molecular weight is 404 g/mol. The molecule has 5 rings (SSSR count). The number of hydrogen-bond acceptors (Lipinski definition) is 7. The van der Waals surface area contributed by atoms with Crippen LogP contribution in [0.2, 0.25) is 0 Å². The van der Waals surface area contributed by atoms with Crippen LogP contribution in [-0.4, -0.2) is 53.8 Å². The van der Waals surface area contributed by atoms with Crippen LogP contribution in [-0.2, 0) is 17.8 Å². The minimum Gasteiger partial charge on any atom is -0.494 e. The van der Waals surface area contributed by atoms with Crippen molar-refractivity contribution in [2.75, 3.05) is 13.2 Å². The van der Waals surface area contributed by atoms with E-state index in [4.69, 9.17) is 4.74 Å². The maximum atomic E-state index is 12.1. The Labute approximate surface area is 171 Å². The lowest BCUT2D eigenvalue weighted by molar-refractivity contribution is -0.121. The summed E-state index contributed by atoms with van der Waals surface area (Å²) in [6, 6.07) is 7.88. The summed E-state index contributed by atoms with van der Waals surface area (Å²) in [7, 11) is 0. The number of benzene rings is 1. The Morgan fingerprint density at radius 1 is 1.20 bits per heavy atom. The molecule has 0 atom stereocenters. The zero-order valence-electron chi connectivity index (χ0n) is 16.2. The Bertz CT molecular complexity index is 1200. The molecular formula is C20H20N8O2. The van der Waals surface area contributed by atoms with E-state index in [1.807, 2.05) is 30.5 Å². The molecule has 6 bridgehead atoms. The van der Waals surface area contributed by atoms with E-state index < -0.39 is 0 Å². The number of aromatic nitrogens is 7. The number of carbonyl (C=O) groups excluding carboxylic acids is 1. The number of ether oxygens (including phenoxy) is 1. The summed E-state index contributed by atoms with van der Waals surface area (Å²) in [5, 5.41) is 15.6. The first-order valence-corrected chi connectivity index (χ1v) is 9.83. The molecule has 4 aromatic rings. The normalized spacial score (nSPS) is 15.1. The topological polar surface area (TPSA) is 113 Å². The summed E-state index contributed by atoms with van der Waals surface area (Å²) >= 11 is 0. The molecule has 0 saturated carbocycles. The molecular weight excluding hydrogens is 384 g/mol. The first-order valence-electron chi connectivity index (χ1n) is 9.83. The van der Waals surface area contributed by atoms with Gasteiger partial charge in [-0.1, -0.05) is 17.3 Å². The third-order valence-corrected chi connectivity index (χ3v) is 4.85. The van der Waals surface area contributed by atoms with E-state index in [0.717, 1.165) is 23.4 Å². The molecule has 0 unspecified atom stereocenters. The standard InChI is InChI=1S/C20H20N8O2/c29-19-5-7-27-13-15(11-23-27)28-20-17(25-26-28)12-22-18(24-20)10-14-3-1-4-16(9-14)30-8-2-6-21-19/h1,3-4,9,11-13H,2,5-8,10H2,(H,21,29). The van der Waals surface area contributed by atoms with Crippen molar-refractivity contribution in [2.24, 2.45) is 0 Å². The number of nitrogens with zero attached hydrogens (tertiary/aromatic N) is 7. The first kappa shape index (κ1) is 18.2. The number of aryl methyl sites for hydroxylation is 1. The van der Waals surface area contributed by atoms with Crippen LogP contribution >= 0.6 is 0 Å². The summed E-state index contributed by atoms with van der Waals surface area (Å²) in [6.07, 6.45) is 6.83. The van der Waals surface area contributed by atoms with E-state index in [0.29, 0.717) is 49.5 Å². The lowest BCUT2D eigenvalue weighted by Crippen LogP contribution is -2.26. The van der Waals surface area contributed by atoms with Crippen LogP contribution in [0.25, 0.3) is 16.9 Å². The Kier molecular flexibility index (Phi) is 4.80. The van der Waals surface area contributed by atoms with E-state index in [2.05, 4.69) is 30.7 Å². The lowest BCUT2D eigenvalue weighted by Gasteiger charge is -2.09. The van der Waals surface area contributed by atoms with Crippen molar-refractivity contribution in [2.45, 2.75) is 25.8 Å². The molecule has 0 spiro atoms. The van der Waals surface area contributed by atoms with Gasteiger partial charge in [-0.05, 0) is 24.1 Å². The highest BCUT2D eigenvalue weighted by atomic mass is 16.5. The molecule has 1 aliphatic rings. The van der Waals surface area contributed by atoms with Crippen molar-refractivity contribution in [1.82, 2.24) is 40.1 Å². The van der Waals surface area contributed by atoms with Gasteiger partial charge in [0.05, 0.1) is 25.2 Å². The van der Waals surface area contributed by atoms with Crippen LogP contribution in [0.15, 0.2) is 42.9 Å². The molecule has 30 heavy (non-hydrogen) atoms. The van der Waals surface area contributed by atoms with Gasteiger partial charge in [0, 0.05) is 25.9 Å². The Morgan fingerprint density at radius 2 is 2.17 bits per heavy atom. The molecule has 0 fully saturated rings. The first-order chi connectivity index (χ1) is 14.7. The fourth-order valence-corrected chi connectivity index (χ4v) is 3.33. The summed E-state index contributed by atoms with van der Waals surface area (Å²) < 4.78 is 9.17. The minimum absolute atomic E-state index is 0.0180. The molecule has 0 radical (unpaired) electrons. The van der Waals surface area contributed by atoms with Crippen LogP contribution in [0.1, 0.15) is 24.2 Å². The highest BCUT2D eigenvalue weighted by Crippen LogP contribution is 2.18. The van der Waals surface area contributed by atoms with Crippen LogP contribution in [0.4, 0.5) is 0 Å². The van der Waals surface area contributed by atoms with E-state index in [9.17, 15) is 4.79 Å². The van der Waals surface area contributed by atoms with Gasteiger partial charge in [0.2, 0.25) is 5.91 Å². The number of nitrogens with one attached hydrogen (secondary N) is 1. The number of rotatable bonds is 0. The van der Waals surface area contributed by atoms with Crippen molar-refractivity contribution < 1.29 is 9.53 Å². The van der Waals surface area contributed by atoms with Gasteiger partial charge in [-0.25, -0.2) is 9.97 Å². The molecule has 4 heterocycles. The maximum absolute atomic E-state index is 12.1. The van der Waals surface area contributed by atoms with Crippen molar-refractivity contribution in [3.8, 4) is 11.4 Å². The SMILES string of the molecule is O=C1CCn2cc(cn2)-n2nnc3cnc(nc32)Cc2cccc(c2)OCCCN1. The largest absolute Gasteiger partial charge is 0.494 e. The van der Waals surface area contributed by atoms with Crippen molar-refractivity contribution in [3.63, 3.8) is 0 Å². The lowest BCUT2D eigenvalue weighted by atomic mass is 10.1. The minimum atomic E-state index is -0.0180. The Morgan fingerprint density at radius 3 is 3.13 bits per heavy atom. The summed E-state index contributed by atoms with van der Waals surface area (Å²) in [6.45, 7) is 1.57. The highest BCUT2D eigenvalue weighted by Gasteiger charge is 2.13. The molecule has 3 aromatic heterocycles. The summed E-state index contributed by atoms with van der Waals surface area (Å²) in [4.78, 5) is 21.2. The van der Waals surface area contributed by atoms with Crippen LogP contribution < -0.4 is 10.1 Å². The quantitative estimate of drug-likeness (QED) is 0.470. The molecule has 1 aromatic carbocycles. The summed E-state index contributed by atoms with van der Waals surface area (Å²) in [5.41, 5.74) is 3.00. The third kappa shape index (κ3) is 3.84. The second-order valence-corrected chi connectivity index (χ2v) is 7.08. The van der Waals surface area contributed by atoms with Gasteiger partial charge < -0.3 is 10.1 Å². The van der Waals surface area contributed by atoms with E-state index in [-0.39, 0.29) is 5.91 Å². The fraction of sp³-hybridized carbons (Fsp3) is 0.300. The van der Waals surface area contributed by atoms with Crippen LogP contribution in [0.5, 0.6) is 5.75 Å². The molecule has 1 N–H and O–H groups in total. The monoisotopic (exact) mass is 404 g/mol. The van der Waals surface area contributed by atoms with E-state index >= 15 is 0 Å². The van der Waals surface area contributed by atoms with Gasteiger partial charge >= 0.3 is 0 Å². The average Bonchev–Trinajstić information content (AvgIpc) is 3.38. The number of hydrogen-bond donors (Lipinski definition) is 1. The summed E-state index contributed by atoms with van der Waals surface area (Å²) in [5.74, 6) is 1.44. The van der Waals surface area contributed by atoms with E-state index in [1.54, 1.807) is 21.8 Å². The van der Waals surface area contributed by atoms with Gasteiger partial charge in [0.15, 0.2) is 11.2 Å². The zero-order chi connectivity index (χ0) is 20.3. The van der Waals surface area contributed by atoms with Gasteiger partial charge in [-0.15, -0.1) is 5.10 Å². The molecule has 0 aliphatic carbocycles. The number of fused-ring (bicyclic) bond motifs is 6. The Hall–Kier alpha value is -3.82. The smallest absolute Gasteiger partial charge is 0.221 e. The highest BCUT2D eigenvalue weighted by molar-refractivity contribution is 5.75. The predicted octanol–water partition coefficient (Wildman–Crippen LogP) is 1.29. The third-order valence-electron chi connectivity index (χ3n) is 4.85. The van der Waals surface area contributed by atoms with E-state index in [1.165, 1.54) is 0 Å². The molecule has 10 heteroatoms.